The monoisotopic (exact) mass is 378 g/mol. The molecule has 1 saturated carbocycles. The highest BCUT2D eigenvalue weighted by atomic mass is 32.1. The SMILES string of the molecule is CCCCCC#CC1(S)CCCC1CCCCCCCCCCCCC. The molecule has 0 bridgehead atoms. The van der Waals surface area contributed by atoms with E-state index in [2.05, 4.69) is 25.7 Å². The Hall–Kier alpha value is -0.0900. The molecule has 26 heavy (non-hydrogen) atoms. The fraction of sp³-hybridized carbons (Fsp3) is 0.920. The van der Waals surface area contributed by atoms with Crippen molar-refractivity contribution in [1.29, 1.82) is 0 Å². The van der Waals surface area contributed by atoms with Crippen LogP contribution in [0.1, 0.15) is 136 Å². The van der Waals surface area contributed by atoms with Crippen LogP contribution in [0.25, 0.3) is 0 Å². The van der Waals surface area contributed by atoms with Crippen LogP contribution in [-0.4, -0.2) is 4.75 Å². The molecule has 0 heterocycles. The van der Waals surface area contributed by atoms with E-state index in [0.717, 1.165) is 12.3 Å². The van der Waals surface area contributed by atoms with E-state index in [9.17, 15) is 0 Å². The van der Waals surface area contributed by atoms with Crippen molar-refractivity contribution in [3.8, 4) is 11.8 Å². The Labute approximate surface area is 171 Å². The third-order valence-electron chi connectivity index (χ3n) is 6.15. The van der Waals surface area contributed by atoms with Crippen LogP contribution in [0.2, 0.25) is 0 Å². The first-order valence-electron chi connectivity index (χ1n) is 12.0. The van der Waals surface area contributed by atoms with Gasteiger partial charge < -0.3 is 0 Å². The molecule has 0 amide bonds. The van der Waals surface area contributed by atoms with Crippen LogP contribution in [-0.2, 0) is 0 Å². The van der Waals surface area contributed by atoms with Crippen LogP contribution >= 0.6 is 12.6 Å². The largest absolute Gasteiger partial charge is 0.159 e. The average Bonchev–Trinajstić information content (AvgIpc) is 3.00. The van der Waals surface area contributed by atoms with E-state index in [1.807, 2.05) is 0 Å². The van der Waals surface area contributed by atoms with Gasteiger partial charge in [0.05, 0.1) is 4.75 Å². The van der Waals surface area contributed by atoms with E-state index in [1.165, 1.54) is 116 Å². The summed E-state index contributed by atoms with van der Waals surface area (Å²) in [5.74, 6) is 7.76. The molecule has 1 rings (SSSR count). The van der Waals surface area contributed by atoms with Crippen molar-refractivity contribution < 1.29 is 0 Å². The summed E-state index contributed by atoms with van der Waals surface area (Å²) in [7, 11) is 0. The van der Waals surface area contributed by atoms with Crippen LogP contribution in [0.3, 0.4) is 0 Å². The molecule has 1 fully saturated rings. The van der Waals surface area contributed by atoms with Crippen molar-refractivity contribution in [2.75, 3.05) is 0 Å². The van der Waals surface area contributed by atoms with Crippen molar-refractivity contribution in [3.63, 3.8) is 0 Å². The van der Waals surface area contributed by atoms with Crippen LogP contribution in [0, 0.1) is 17.8 Å². The highest BCUT2D eigenvalue weighted by Crippen LogP contribution is 2.43. The van der Waals surface area contributed by atoms with Crippen molar-refractivity contribution in [3.05, 3.63) is 0 Å². The molecule has 0 aliphatic heterocycles. The smallest absolute Gasteiger partial charge is 0.0763 e. The summed E-state index contributed by atoms with van der Waals surface area (Å²) in [6, 6.07) is 0. The average molecular weight is 379 g/mol. The summed E-state index contributed by atoms with van der Waals surface area (Å²) in [6.45, 7) is 4.55. The lowest BCUT2D eigenvalue weighted by atomic mass is 9.89. The van der Waals surface area contributed by atoms with E-state index in [1.54, 1.807) is 0 Å². The highest BCUT2D eigenvalue weighted by Gasteiger charge is 2.37. The summed E-state index contributed by atoms with van der Waals surface area (Å²) in [4.78, 5) is 0. The minimum Gasteiger partial charge on any atom is -0.159 e. The predicted molar refractivity (Wildman–Crippen MR) is 122 cm³/mol. The Kier molecular flexibility index (Phi) is 14.7. The van der Waals surface area contributed by atoms with Crippen molar-refractivity contribution >= 4 is 12.6 Å². The molecule has 0 aromatic heterocycles. The lowest BCUT2D eigenvalue weighted by Crippen LogP contribution is -2.24. The molecule has 0 N–H and O–H groups in total. The fourth-order valence-electron chi connectivity index (χ4n) is 4.34. The summed E-state index contributed by atoms with van der Waals surface area (Å²) in [6.07, 6.45) is 25.9. The van der Waals surface area contributed by atoms with Gasteiger partial charge in [-0.15, -0.1) is 5.92 Å². The number of thiol groups is 1. The van der Waals surface area contributed by atoms with Gasteiger partial charge in [0, 0.05) is 6.42 Å². The van der Waals surface area contributed by atoms with Crippen molar-refractivity contribution in [2.24, 2.45) is 5.92 Å². The zero-order valence-corrected chi connectivity index (χ0v) is 18.9. The molecule has 0 nitrogen and oxygen atoms in total. The van der Waals surface area contributed by atoms with E-state index in [-0.39, 0.29) is 4.75 Å². The minimum absolute atomic E-state index is 0.0324. The summed E-state index contributed by atoms with van der Waals surface area (Å²) >= 11 is 5.03. The molecule has 1 heteroatoms. The van der Waals surface area contributed by atoms with Gasteiger partial charge in [-0.05, 0) is 31.6 Å². The Morgan fingerprint density at radius 3 is 1.92 bits per heavy atom. The Bertz CT molecular complexity index is 377. The van der Waals surface area contributed by atoms with Crippen molar-refractivity contribution in [1.82, 2.24) is 0 Å². The van der Waals surface area contributed by atoms with E-state index >= 15 is 0 Å². The summed E-state index contributed by atoms with van der Waals surface area (Å²) in [5.41, 5.74) is 0. The number of unbranched alkanes of at least 4 members (excludes halogenated alkanes) is 13. The molecule has 2 atom stereocenters. The first-order valence-corrected chi connectivity index (χ1v) is 12.4. The number of hydrogen-bond acceptors (Lipinski definition) is 1. The molecule has 0 saturated heterocycles. The molecule has 1 aliphatic carbocycles. The number of rotatable bonds is 15. The second kappa shape index (κ2) is 15.9. The zero-order valence-electron chi connectivity index (χ0n) is 18.0. The molecule has 0 radical (unpaired) electrons. The van der Waals surface area contributed by atoms with Gasteiger partial charge in [-0.3, -0.25) is 0 Å². The third-order valence-corrected chi connectivity index (χ3v) is 6.85. The Morgan fingerprint density at radius 1 is 0.769 bits per heavy atom. The first kappa shape index (κ1) is 23.9. The second-order valence-corrected chi connectivity index (χ2v) is 9.39. The highest BCUT2D eigenvalue weighted by molar-refractivity contribution is 7.82. The summed E-state index contributed by atoms with van der Waals surface area (Å²) < 4.78 is 0.0324. The maximum atomic E-state index is 5.03. The van der Waals surface area contributed by atoms with Gasteiger partial charge >= 0.3 is 0 Å². The van der Waals surface area contributed by atoms with Crippen LogP contribution in [0.4, 0.5) is 0 Å². The van der Waals surface area contributed by atoms with Crippen LogP contribution in [0.15, 0.2) is 0 Å². The standard InChI is InChI=1S/C25H46S/c1-3-5-7-9-10-11-12-13-14-15-17-20-24-21-19-23-25(24,26)22-18-16-8-6-4-2/h24,26H,3-17,19-21,23H2,1-2H3. The van der Waals surface area contributed by atoms with Crippen LogP contribution in [0.5, 0.6) is 0 Å². The normalized spacial score (nSPS) is 22.3. The maximum Gasteiger partial charge on any atom is 0.0763 e. The van der Waals surface area contributed by atoms with Gasteiger partial charge in [0.1, 0.15) is 0 Å². The fourth-order valence-corrected chi connectivity index (χ4v) is 4.84. The Balaban J connectivity index is 2.05. The first-order chi connectivity index (χ1) is 12.7. The second-order valence-electron chi connectivity index (χ2n) is 8.60. The number of hydrogen-bond donors (Lipinski definition) is 1. The topological polar surface area (TPSA) is 0 Å². The molecule has 152 valence electrons. The van der Waals surface area contributed by atoms with Crippen LogP contribution < -0.4 is 0 Å². The molecule has 0 aromatic rings. The molecule has 2 unspecified atom stereocenters. The minimum atomic E-state index is 0.0324. The van der Waals surface area contributed by atoms with Gasteiger partial charge in [-0.2, -0.15) is 12.6 Å². The molecular weight excluding hydrogens is 332 g/mol. The predicted octanol–water partition coefficient (Wildman–Crippen LogP) is 8.74. The molecule has 0 spiro atoms. The van der Waals surface area contributed by atoms with Gasteiger partial charge in [-0.1, -0.05) is 110 Å². The third kappa shape index (κ3) is 10.9. The van der Waals surface area contributed by atoms with E-state index in [0.29, 0.717) is 0 Å². The van der Waals surface area contributed by atoms with E-state index in [4.69, 9.17) is 12.6 Å². The van der Waals surface area contributed by atoms with Gasteiger partial charge in [-0.25, -0.2) is 0 Å². The molecule has 1 aliphatic rings. The molecule has 0 aromatic carbocycles. The lowest BCUT2D eigenvalue weighted by Gasteiger charge is -2.25. The molecular formula is C25H46S. The zero-order chi connectivity index (χ0) is 18.9. The Morgan fingerprint density at radius 2 is 1.31 bits per heavy atom. The lowest BCUT2D eigenvalue weighted by molar-refractivity contribution is 0.435. The van der Waals surface area contributed by atoms with Gasteiger partial charge in [0.2, 0.25) is 0 Å². The van der Waals surface area contributed by atoms with Crippen molar-refractivity contribution in [2.45, 2.75) is 141 Å². The summed E-state index contributed by atoms with van der Waals surface area (Å²) in [5, 5.41) is 0. The quantitative estimate of drug-likeness (QED) is 0.164. The van der Waals surface area contributed by atoms with Gasteiger partial charge in [0.15, 0.2) is 0 Å². The van der Waals surface area contributed by atoms with Gasteiger partial charge in [0.25, 0.3) is 0 Å². The van der Waals surface area contributed by atoms with E-state index < -0.39 is 0 Å². The maximum absolute atomic E-state index is 5.03.